The molecule has 0 saturated heterocycles. The van der Waals surface area contributed by atoms with Crippen molar-refractivity contribution in [2.24, 2.45) is 0 Å². The molecular weight excluding hydrogens is 406 g/mol. The van der Waals surface area contributed by atoms with Crippen molar-refractivity contribution in [3.63, 3.8) is 0 Å². The summed E-state index contributed by atoms with van der Waals surface area (Å²) in [7, 11) is -4.15. The van der Waals surface area contributed by atoms with Gasteiger partial charge in [-0.05, 0) is 42.5 Å². The zero-order valence-corrected chi connectivity index (χ0v) is 16.0. The number of rotatable bonds is 6. The van der Waals surface area contributed by atoms with E-state index in [0.717, 1.165) is 11.8 Å². The SMILES string of the molecule is Cc1ccc(S(=O)(=O)Oc2ccccc2C(=O)Nc2ncc([N+](=O)[O-])s2)cc1. The Morgan fingerprint density at radius 3 is 2.50 bits per heavy atom. The standard InChI is InChI=1S/C17H13N3O6S2/c1-11-6-8-12(9-7-11)28(24,25)26-14-5-3-2-4-13(14)16(21)19-17-18-10-15(27-17)20(22)23/h2-10H,1H3,(H,18,19,21). The van der Waals surface area contributed by atoms with Crippen LogP contribution in [0.25, 0.3) is 0 Å². The lowest BCUT2D eigenvalue weighted by molar-refractivity contribution is -0.380. The second kappa shape index (κ2) is 7.74. The number of hydrogen-bond acceptors (Lipinski definition) is 8. The Morgan fingerprint density at radius 2 is 1.86 bits per heavy atom. The lowest BCUT2D eigenvalue weighted by Crippen LogP contribution is -2.16. The average Bonchev–Trinajstić information content (AvgIpc) is 3.11. The molecule has 0 fully saturated rings. The summed E-state index contributed by atoms with van der Waals surface area (Å²) in [5, 5.41) is 12.9. The Bertz CT molecular complexity index is 1140. The third-order valence-electron chi connectivity index (χ3n) is 3.53. The molecule has 11 heteroatoms. The molecule has 0 aliphatic heterocycles. The number of thiazole rings is 1. The molecule has 1 amide bonds. The van der Waals surface area contributed by atoms with Gasteiger partial charge in [-0.15, -0.1) is 0 Å². The lowest BCUT2D eigenvalue weighted by atomic mass is 10.2. The molecule has 0 bridgehead atoms. The van der Waals surface area contributed by atoms with Crippen LogP contribution in [0.5, 0.6) is 5.75 Å². The summed E-state index contributed by atoms with van der Waals surface area (Å²) in [4.78, 5) is 26.3. The highest BCUT2D eigenvalue weighted by molar-refractivity contribution is 7.87. The third kappa shape index (κ3) is 4.32. The number of benzene rings is 2. The molecule has 9 nitrogen and oxygen atoms in total. The van der Waals surface area contributed by atoms with Crippen molar-refractivity contribution in [3.8, 4) is 5.75 Å². The zero-order chi connectivity index (χ0) is 20.3. The van der Waals surface area contributed by atoms with Crippen LogP contribution in [-0.2, 0) is 10.1 Å². The van der Waals surface area contributed by atoms with Gasteiger partial charge in [0.05, 0.1) is 10.5 Å². The van der Waals surface area contributed by atoms with Crippen molar-refractivity contribution in [1.29, 1.82) is 0 Å². The normalized spacial score (nSPS) is 11.0. The summed E-state index contributed by atoms with van der Waals surface area (Å²) in [6, 6.07) is 11.8. The number of anilines is 1. The van der Waals surface area contributed by atoms with Gasteiger partial charge in [-0.1, -0.05) is 29.8 Å². The molecular formula is C17H13N3O6S2. The zero-order valence-electron chi connectivity index (χ0n) is 14.4. The Hall–Kier alpha value is -3.31. The largest absolute Gasteiger partial charge is 0.378 e. The first-order chi connectivity index (χ1) is 13.3. The topological polar surface area (TPSA) is 128 Å². The van der Waals surface area contributed by atoms with E-state index in [4.69, 9.17) is 4.18 Å². The first kappa shape index (κ1) is 19.5. The first-order valence-corrected chi connectivity index (χ1v) is 10.0. The molecule has 1 aromatic heterocycles. The highest BCUT2D eigenvalue weighted by Gasteiger charge is 2.22. The maximum atomic E-state index is 12.5. The number of carbonyl (C=O) groups excluding carboxylic acids is 1. The first-order valence-electron chi connectivity index (χ1n) is 7.78. The van der Waals surface area contributed by atoms with E-state index in [9.17, 15) is 23.3 Å². The van der Waals surface area contributed by atoms with Gasteiger partial charge >= 0.3 is 15.1 Å². The van der Waals surface area contributed by atoms with Crippen LogP contribution >= 0.6 is 11.3 Å². The molecule has 0 aliphatic rings. The predicted molar refractivity (Wildman–Crippen MR) is 102 cm³/mol. The van der Waals surface area contributed by atoms with Crippen LogP contribution in [0.15, 0.2) is 59.6 Å². The Labute approximate surface area is 163 Å². The van der Waals surface area contributed by atoms with E-state index in [0.29, 0.717) is 11.3 Å². The van der Waals surface area contributed by atoms with Gasteiger partial charge in [0.2, 0.25) is 0 Å². The van der Waals surface area contributed by atoms with E-state index in [2.05, 4.69) is 10.3 Å². The number of hydrogen-bond donors (Lipinski definition) is 1. The Kier molecular flexibility index (Phi) is 5.38. The quantitative estimate of drug-likeness (QED) is 0.368. The smallest absolute Gasteiger partial charge is 0.345 e. The van der Waals surface area contributed by atoms with Gasteiger partial charge in [0.1, 0.15) is 11.1 Å². The molecule has 1 heterocycles. The van der Waals surface area contributed by atoms with Crippen molar-refractivity contribution in [3.05, 3.63) is 76.0 Å². The van der Waals surface area contributed by atoms with Gasteiger partial charge in [0, 0.05) is 0 Å². The van der Waals surface area contributed by atoms with Crippen LogP contribution in [0.2, 0.25) is 0 Å². The minimum absolute atomic E-state index is 0.00731. The second-order valence-electron chi connectivity index (χ2n) is 5.56. The third-order valence-corrected chi connectivity index (χ3v) is 5.65. The summed E-state index contributed by atoms with van der Waals surface area (Å²) < 4.78 is 30.1. The van der Waals surface area contributed by atoms with Crippen molar-refractivity contribution in [2.75, 3.05) is 5.32 Å². The molecule has 0 aliphatic carbocycles. The molecule has 1 N–H and O–H groups in total. The summed E-state index contributed by atoms with van der Waals surface area (Å²) >= 11 is 0.680. The number of nitrogens with one attached hydrogen (secondary N) is 1. The van der Waals surface area contributed by atoms with Gasteiger partial charge in [0.25, 0.3) is 5.91 Å². The van der Waals surface area contributed by atoms with Gasteiger partial charge < -0.3 is 4.18 Å². The molecule has 2 aromatic carbocycles. The summed E-state index contributed by atoms with van der Waals surface area (Å²) in [5.41, 5.74) is 0.826. The van der Waals surface area contributed by atoms with Crippen LogP contribution in [0.3, 0.4) is 0 Å². The Balaban J connectivity index is 1.85. The Morgan fingerprint density at radius 1 is 1.18 bits per heavy atom. The molecule has 0 spiro atoms. The number of aryl methyl sites for hydroxylation is 1. The summed E-state index contributed by atoms with van der Waals surface area (Å²) in [6.07, 6.45) is 1.02. The van der Waals surface area contributed by atoms with E-state index in [1.165, 1.54) is 36.4 Å². The number of para-hydroxylation sites is 1. The van der Waals surface area contributed by atoms with E-state index in [-0.39, 0.29) is 26.3 Å². The number of nitro groups is 1. The van der Waals surface area contributed by atoms with Gasteiger partial charge in [-0.2, -0.15) is 8.42 Å². The monoisotopic (exact) mass is 419 g/mol. The van der Waals surface area contributed by atoms with Crippen LogP contribution in [0.4, 0.5) is 10.1 Å². The van der Waals surface area contributed by atoms with Gasteiger partial charge in [-0.3, -0.25) is 20.2 Å². The molecule has 0 unspecified atom stereocenters. The van der Waals surface area contributed by atoms with Crippen LogP contribution in [0.1, 0.15) is 15.9 Å². The fraction of sp³-hybridized carbons (Fsp3) is 0.0588. The van der Waals surface area contributed by atoms with Crippen LogP contribution in [-0.4, -0.2) is 24.2 Å². The van der Waals surface area contributed by atoms with Crippen molar-refractivity contribution >= 4 is 37.5 Å². The summed E-state index contributed by atoms with van der Waals surface area (Å²) in [6.45, 7) is 1.82. The minimum atomic E-state index is -4.15. The van der Waals surface area contributed by atoms with Gasteiger partial charge in [-0.25, -0.2) is 4.98 Å². The highest BCUT2D eigenvalue weighted by Crippen LogP contribution is 2.28. The van der Waals surface area contributed by atoms with Gasteiger partial charge in [0.15, 0.2) is 10.9 Å². The van der Waals surface area contributed by atoms with Crippen molar-refractivity contribution in [2.45, 2.75) is 11.8 Å². The van der Waals surface area contributed by atoms with E-state index < -0.39 is 20.9 Å². The molecule has 28 heavy (non-hydrogen) atoms. The number of amides is 1. The molecule has 0 saturated carbocycles. The molecule has 0 atom stereocenters. The number of nitrogens with zero attached hydrogens (tertiary/aromatic N) is 2. The van der Waals surface area contributed by atoms with Crippen LogP contribution in [0, 0.1) is 17.0 Å². The minimum Gasteiger partial charge on any atom is -0.378 e. The van der Waals surface area contributed by atoms with E-state index in [1.54, 1.807) is 12.1 Å². The second-order valence-corrected chi connectivity index (χ2v) is 8.12. The molecule has 0 radical (unpaired) electrons. The number of carbonyl (C=O) groups is 1. The van der Waals surface area contributed by atoms with E-state index >= 15 is 0 Å². The number of aromatic nitrogens is 1. The fourth-order valence-corrected chi connectivity index (χ4v) is 3.74. The fourth-order valence-electron chi connectivity index (χ4n) is 2.17. The van der Waals surface area contributed by atoms with Crippen LogP contribution < -0.4 is 9.50 Å². The maximum absolute atomic E-state index is 12.5. The van der Waals surface area contributed by atoms with Crippen molar-refractivity contribution < 1.29 is 22.3 Å². The maximum Gasteiger partial charge on any atom is 0.345 e. The molecule has 3 rings (SSSR count). The molecule has 3 aromatic rings. The lowest BCUT2D eigenvalue weighted by Gasteiger charge is -2.11. The summed E-state index contributed by atoms with van der Waals surface area (Å²) in [5.74, 6) is -0.884. The highest BCUT2D eigenvalue weighted by atomic mass is 32.2. The predicted octanol–water partition coefficient (Wildman–Crippen LogP) is 3.38. The average molecular weight is 419 g/mol. The van der Waals surface area contributed by atoms with Crippen molar-refractivity contribution in [1.82, 2.24) is 4.98 Å². The molecule has 144 valence electrons. The van der Waals surface area contributed by atoms with E-state index in [1.807, 2.05) is 6.92 Å².